The van der Waals surface area contributed by atoms with Crippen molar-refractivity contribution in [2.24, 2.45) is 11.7 Å². The average Bonchev–Trinajstić information content (AvgIpc) is 3.48. The van der Waals surface area contributed by atoms with Crippen LogP contribution < -0.4 is 16.5 Å². The Balaban J connectivity index is 1.58. The maximum Gasteiger partial charge on any atom is 0.415 e. The van der Waals surface area contributed by atoms with Crippen molar-refractivity contribution < 1.29 is 28.7 Å². The van der Waals surface area contributed by atoms with Crippen molar-refractivity contribution in [2.45, 2.75) is 44.7 Å². The van der Waals surface area contributed by atoms with Gasteiger partial charge in [0, 0.05) is 32.4 Å². The molecule has 11 nitrogen and oxygen atoms in total. The van der Waals surface area contributed by atoms with E-state index in [1.807, 2.05) is 79.7 Å². The van der Waals surface area contributed by atoms with Crippen molar-refractivity contribution in [3.05, 3.63) is 96.1 Å². The summed E-state index contributed by atoms with van der Waals surface area (Å²) in [4.78, 5) is 66.1. The number of amides is 4. The van der Waals surface area contributed by atoms with Gasteiger partial charge in [-0.05, 0) is 40.8 Å². The van der Waals surface area contributed by atoms with Gasteiger partial charge in [-0.3, -0.25) is 24.8 Å². The normalized spacial score (nSPS) is 14.9. The molecule has 11 heteroatoms. The molecule has 0 saturated carbocycles. The molecular formula is C34H39N5O6. The maximum atomic E-state index is 14.1. The van der Waals surface area contributed by atoms with Gasteiger partial charge in [0.15, 0.2) is 0 Å². The molecular weight excluding hydrogens is 574 g/mol. The number of hydrazine groups is 1. The van der Waals surface area contributed by atoms with Crippen molar-refractivity contribution >= 4 is 40.6 Å². The lowest BCUT2D eigenvalue weighted by molar-refractivity contribution is -0.147. The summed E-state index contributed by atoms with van der Waals surface area (Å²) in [5.41, 5.74) is 9.71. The van der Waals surface area contributed by atoms with Crippen LogP contribution in [0.2, 0.25) is 0 Å². The Bertz CT molecular complexity index is 1560. The van der Waals surface area contributed by atoms with E-state index in [0.29, 0.717) is 13.0 Å². The van der Waals surface area contributed by atoms with E-state index in [2.05, 4.69) is 10.7 Å². The highest BCUT2D eigenvalue weighted by Gasteiger charge is 2.37. The number of carbonyl (C=O) groups excluding carboxylic acids is 5. The van der Waals surface area contributed by atoms with Crippen LogP contribution in [0.15, 0.2) is 84.9 Å². The summed E-state index contributed by atoms with van der Waals surface area (Å²) in [5.74, 6) is -2.04. The molecule has 0 aliphatic carbocycles. The number of nitrogens with two attached hydrogens (primary N) is 1. The number of allylic oxidation sites excluding steroid dienone is 1. The zero-order valence-electron chi connectivity index (χ0n) is 25.5. The molecule has 45 heavy (non-hydrogen) atoms. The first-order valence-electron chi connectivity index (χ1n) is 14.9. The van der Waals surface area contributed by atoms with Crippen molar-refractivity contribution in [1.82, 2.24) is 20.7 Å². The first-order chi connectivity index (χ1) is 21.6. The van der Waals surface area contributed by atoms with Crippen molar-refractivity contribution in [2.75, 3.05) is 20.1 Å². The van der Waals surface area contributed by atoms with E-state index in [-0.39, 0.29) is 37.6 Å². The molecule has 3 unspecified atom stereocenters. The van der Waals surface area contributed by atoms with E-state index in [9.17, 15) is 24.0 Å². The Labute approximate surface area is 262 Å². The van der Waals surface area contributed by atoms with Crippen LogP contribution in [0.5, 0.6) is 0 Å². The summed E-state index contributed by atoms with van der Waals surface area (Å²) in [6.07, 6.45) is 2.57. The number of fused-ring (bicyclic) bond motifs is 1. The summed E-state index contributed by atoms with van der Waals surface area (Å²) in [7, 11) is 1.48. The topological polar surface area (TPSA) is 151 Å². The Morgan fingerprint density at radius 2 is 1.71 bits per heavy atom. The van der Waals surface area contributed by atoms with Crippen LogP contribution in [-0.4, -0.2) is 71.9 Å². The molecule has 1 aliphatic rings. The Kier molecular flexibility index (Phi) is 11.4. The summed E-state index contributed by atoms with van der Waals surface area (Å²) in [6, 6.07) is 20.5. The van der Waals surface area contributed by atoms with Crippen molar-refractivity contribution in [3.8, 4) is 0 Å². The molecule has 1 saturated heterocycles. The SMILES string of the molecule is CC(CN)CC=CC(=O)OC(=O)NC(Cc1ccc2ccccc2c1)C(=O)N(C)C(Cc1ccccc1)C(=O)N1CCC(=O)N1. The first kappa shape index (κ1) is 32.9. The lowest BCUT2D eigenvalue weighted by Crippen LogP contribution is -2.57. The van der Waals surface area contributed by atoms with E-state index in [1.54, 1.807) is 6.08 Å². The number of likely N-dealkylation sites (N-methyl/N-ethyl adjacent to an activating group) is 1. The smallest absolute Gasteiger partial charge is 0.373 e. The Morgan fingerprint density at radius 3 is 2.40 bits per heavy atom. The van der Waals surface area contributed by atoms with Crippen LogP contribution in [0.25, 0.3) is 10.8 Å². The van der Waals surface area contributed by atoms with Gasteiger partial charge in [-0.15, -0.1) is 0 Å². The minimum absolute atomic E-state index is 0.0633. The predicted octanol–water partition coefficient (Wildman–Crippen LogP) is 2.88. The molecule has 4 N–H and O–H groups in total. The maximum absolute atomic E-state index is 14.1. The highest BCUT2D eigenvalue weighted by molar-refractivity contribution is 5.95. The van der Waals surface area contributed by atoms with Crippen molar-refractivity contribution in [3.63, 3.8) is 0 Å². The number of nitrogens with zero attached hydrogens (tertiary/aromatic N) is 2. The zero-order chi connectivity index (χ0) is 32.3. The second kappa shape index (κ2) is 15.6. The fourth-order valence-electron chi connectivity index (χ4n) is 5.04. The summed E-state index contributed by atoms with van der Waals surface area (Å²) in [5, 5.41) is 5.73. The second-order valence-electron chi connectivity index (χ2n) is 11.2. The third kappa shape index (κ3) is 9.23. The quantitative estimate of drug-likeness (QED) is 0.161. The molecule has 0 bridgehead atoms. The number of nitrogens with one attached hydrogen (secondary N) is 2. The third-order valence-corrected chi connectivity index (χ3v) is 7.69. The number of carbonyl (C=O) groups is 5. The molecule has 1 fully saturated rings. The third-order valence-electron chi connectivity index (χ3n) is 7.69. The van der Waals surface area contributed by atoms with E-state index in [1.165, 1.54) is 17.0 Å². The van der Waals surface area contributed by atoms with Crippen LogP contribution in [0, 0.1) is 5.92 Å². The highest BCUT2D eigenvalue weighted by Crippen LogP contribution is 2.19. The van der Waals surface area contributed by atoms with Gasteiger partial charge in [0.2, 0.25) is 11.8 Å². The molecule has 1 heterocycles. The van der Waals surface area contributed by atoms with Crippen LogP contribution in [0.1, 0.15) is 30.9 Å². The second-order valence-corrected chi connectivity index (χ2v) is 11.2. The summed E-state index contributed by atoms with van der Waals surface area (Å²) < 4.78 is 4.93. The standard InChI is InChI=1S/C34H39N5O6/c1-23(22-35)9-8-14-31(41)45-34(44)36-28(20-25-15-16-26-12-6-7-13-27(26)19-25)32(42)38(2)29(21-24-10-4-3-5-11-24)33(43)39-18-17-30(40)37-39/h3-8,10-16,19,23,28-29H,9,17-18,20-22,35H2,1-2H3,(H,36,44)(H,37,40). The van der Waals surface area contributed by atoms with Crippen LogP contribution in [-0.2, 0) is 36.8 Å². The Morgan fingerprint density at radius 1 is 1.00 bits per heavy atom. The lowest BCUT2D eigenvalue weighted by atomic mass is 9.99. The van der Waals surface area contributed by atoms with Gasteiger partial charge in [0.25, 0.3) is 5.91 Å². The molecule has 3 atom stereocenters. The minimum Gasteiger partial charge on any atom is -0.373 e. The van der Waals surface area contributed by atoms with Gasteiger partial charge in [-0.2, -0.15) is 0 Å². The van der Waals surface area contributed by atoms with E-state index >= 15 is 0 Å². The van der Waals surface area contributed by atoms with Crippen LogP contribution in [0.4, 0.5) is 4.79 Å². The van der Waals surface area contributed by atoms with Gasteiger partial charge in [-0.1, -0.05) is 85.8 Å². The molecule has 0 aromatic heterocycles. The first-order valence-corrected chi connectivity index (χ1v) is 14.9. The van der Waals surface area contributed by atoms with Gasteiger partial charge in [0.1, 0.15) is 12.1 Å². The number of benzene rings is 3. The molecule has 0 spiro atoms. The monoisotopic (exact) mass is 613 g/mol. The highest BCUT2D eigenvalue weighted by atomic mass is 16.6. The van der Waals surface area contributed by atoms with Gasteiger partial charge in [-0.25, -0.2) is 9.59 Å². The molecule has 3 aromatic rings. The average molecular weight is 614 g/mol. The molecule has 4 rings (SSSR count). The predicted molar refractivity (Wildman–Crippen MR) is 169 cm³/mol. The van der Waals surface area contributed by atoms with Crippen LogP contribution >= 0.6 is 0 Å². The van der Waals surface area contributed by atoms with E-state index in [4.69, 9.17) is 10.5 Å². The minimum atomic E-state index is -1.18. The lowest BCUT2D eigenvalue weighted by Gasteiger charge is -2.33. The van der Waals surface area contributed by atoms with Gasteiger partial charge < -0.3 is 20.7 Å². The number of hydrogen-bond donors (Lipinski definition) is 3. The molecule has 236 valence electrons. The number of hydrogen-bond acceptors (Lipinski definition) is 7. The largest absolute Gasteiger partial charge is 0.415 e. The van der Waals surface area contributed by atoms with Crippen molar-refractivity contribution in [1.29, 1.82) is 0 Å². The number of rotatable bonds is 12. The molecule has 4 amide bonds. The fourth-order valence-corrected chi connectivity index (χ4v) is 5.04. The number of ether oxygens (including phenoxy) is 1. The zero-order valence-corrected chi connectivity index (χ0v) is 25.5. The molecule has 3 aromatic carbocycles. The molecule has 1 aliphatic heterocycles. The van der Waals surface area contributed by atoms with E-state index in [0.717, 1.165) is 28.0 Å². The van der Waals surface area contributed by atoms with Gasteiger partial charge >= 0.3 is 12.1 Å². The molecule has 0 radical (unpaired) electrons. The van der Waals surface area contributed by atoms with Gasteiger partial charge in [0.05, 0.1) is 6.54 Å². The summed E-state index contributed by atoms with van der Waals surface area (Å²) in [6.45, 7) is 2.55. The fraction of sp³-hybridized carbons (Fsp3) is 0.324. The van der Waals surface area contributed by atoms with E-state index < -0.39 is 36.0 Å². The number of alkyl carbamates (subject to hydrolysis) is 1. The summed E-state index contributed by atoms with van der Waals surface area (Å²) >= 11 is 0. The van der Waals surface area contributed by atoms with Crippen LogP contribution in [0.3, 0.4) is 0 Å². The number of esters is 1. The Hall–Kier alpha value is -5.03.